The van der Waals surface area contributed by atoms with Crippen LogP contribution in [0.2, 0.25) is 0 Å². The number of carbonyl (C=O) groups excluding carboxylic acids is 1. The highest BCUT2D eigenvalue weighted by molar-refractivity contribution is 5.97. The molecule has 0 spiro atoms. The largest absolute Gasteiger partial charge is 0.507 e. The van der Waals surface area contributed by atoms with Crippen LogP contribution in [0.1, 0.15) is 27.0 Å². The maximum Gasteiger partial charge on any atom is 0.347 e. The first-order valence-corrected chi connectivity index (χ1v) is 9.37. The van der Waals surface area contributed by atoms with Crippen LogP contribution in [0.4, 0.5) is 0 Å². The van der Waals surface area contributed by atoms with Gasteiger partial charge in [0.15, 0.2) is 11.5 Å². The van der Waals surface area contributed by atoms with Gasteiger partial charge in [-0.15, -0.1) is 0 Å². The van der Waals surface area contributed by atoms with Crippen LogP contribution in [-0.4, -0.2) is 64.7 Å². The van der Waals surface area contributed by atoms with Crippen molar-refractivity contribution in [2.75, 3.05) is 13.7 Å². The number of esters is 1. The number of benzene rings is 2. The van der Waals surface area contributed by atoms with Gasteiger partial charge in [0.25, 0.3) is 0 Å². The number of aliphatic hydroxyl groups is 3. The molecule has 2 aliphatic rings. The average Bonchev–Trinajstić information content (AvgIpc) is 2.87. The van der Waals surface area contributed by atoms with Gasteiger partial charge in [-0.3, -0.25) is 0 Å². The molecular weight excluding hydrogens is 396 g/mol. The Morgan fingerprint density at radius 2 is 1.90 bits per heavy atom. The van der Waals surface area contributed by atoms with Gasteiger partial charge in [-0.25, -0.2) is 4.79 Å². The second-order valence-electron chi connectivity index (χ2n) is 7.32. The van der Waals surface area contributed by atoms with E-state index in [0.29, 0.717) is 11.1 Å². The van der Waals surface area contributed by atoms with Crippen molar-refractivity contribution in [2.45, 2.75) is 37.9 Å². The second-order valence-corrected chi connectivity index (χ2v) is 7.32. The lowest BCUT2D eigenvalue weighted by Crippen LogP contribution is -2.35. The molecule has 0 saturated carbocycles. The van der Waals surface area contributed by atoms with Crippen molar-refractivity contribution in [1.29, 1.82) is 0 Å². The van der Waals surface area contributed by atoms with Gasteiger partial charge in [0.2, 0.25) is 6.29 Å². The number of hydrogen-bond donors (Lipinski definition) is 4. The number of aryl methyl sites for hydroxylation is 1. The van der Waals surface area contributed by atoms with E-state index in [4.69, 9.17) is 18.9 Å². The predicted molar refractivity (Wildman–Crippen MR) is 102 cm³/mol. The molecular formula is C21H22O9. The number of rotatable bonds is 4. The normalized spacial score (nSPS) is 25.2. The highest BCUT2D eigenvalue weighted by Gasteiger charge is 2.44. The molecule has 2 aromatic rings. The maximum absolute atomic E-state index is 12.6. The Morgan fingerprint density at radius 3 is 2.57 bits per heavy atom. The number of aromatic hydroxyl groups is 1. The molecule has 1 saturated heterocycles. The average molecular weight is 418 g/mol. The molecule has 0 aliphatic carbocycles. The second kappa shape index (κ2) is 7.77. The third-order valence-electron chi connectivity index (χ3n) is 5.20. The number of phenols is 1. The van der Waals surface area contributed by atoms with Crippen molar-refractivity contribution in [3.05, 3.63) is 46.5 Å². The summed E-state index contributed by atoms with van der Waals surface area (Å²) in [6.45, 7) is 1.33. The van der Waals surface area contributed by atoms with E-state index in [-0.39, 0.29) is 35.0 Å². The Labute approximate surface area is 172 Å². The van der Waals surface area contributed by atoms with Gasteiger partial charge in [-0.1, -0.05) is 6.07 Å². The van der Waals surface area contributed by atoms with Crippen LogP contribution in [0.3, 0.4) is 0 Å². The van der Waals surface area contributed by atoms with E-state index < -0.39 is 37.2 Å². The third kappa shape index (κ3) is 3.46. The van der Waals surface area contributed by atoms with Gasteiger partial charge in [-0.2, -0.15) is 0 Å². The number of methoxy groups -OCH3 is 1. The molecule has 4 rings (SSSR count). The van der Waals surface area contributed by atoms with E-state index in [2.05, 4.69) is 0 Å². The van der Waals surface area contributed by atoms with E-state index in [9.17, 15) is 25.2 Å². The van der Waals surface area contributed by atoms with Crippen LogP contribution in [0.5, 0.6) is 23.0 Å². The molecule has 30 heavy (non-hydrogen) atoms. The summed E-state index contributed by atoms with van der Waals surface area (Å²) in [6, 6.07) is 6.34. The monoisotopic (exact) mass is 418 g/mol. The topological polar surface area (TPSA) is 135 Å². The van der Waals surface area contributed by atoms with Gasteiger partial charge < -0.3 is 39.4 Å². The third-order valence-corrected chi connectivity index (χ3v) is 5.20. The Morgan fingerprint density at radius 1 is 1.13 bits per heavy atom. The number of carbonyl (C=O) groups is 1. The number of ether oxygens (including phenoxy) is 4. The summed E-state index contributed by atoms with van der Waals surface area (Å²) in [5.74, 6) is -0.200. The quantitative estimate of drug-likeness (QED) is 0.417. The SMILES string of the molecule is COc1cc(O[C@H]2O[C@H](CO)[C@@H](O)[C@H]2O)cc2c1OC(=O)c1c(O)cc(C)cc1C2. The molecule has 160 valence electrons. The maximum atomic E-state index is 12.6. The van der Waals surface area contributed by atoms with Crippen LogP contribution >= 0.6 is 0 Å². The summed E-state index contributed by atoms with van der Waals surface area (Å²) in [4.78, 5) is 12.6. The van der Waals surface area contributed by atoms with Crippen molar-refractivity contribution in [1.82, 2.24) is 0 Å². The molecule has 2 aromatic carbocycles. The molecule has 0 bridgehead atoms. The minimum Gasteiger partial charge on any atom is -0.507 e. The molecule has 4 atom stereocenters. The zero-order valence-electron chi connectivity index (χ0n) is 16.4. The van der Waals surface area contributed by atoms with E-state index in [1.165, 1.54) is 19.2 Å². The van der Waals surface area contributed by atoms with Crippen molar-refractivity contribution < 1.29 is 44.2 Å². The summed E-state index contributed by atoms with van der Waals surface area (Å²) < 4.78 is 21.9. The van der Waals surface area contributed by atoms with E-state index in [1.54, 1.807) is 19.1 Å². The molecule has 2 aliphatic heterocycles. The summed E-state index contributed by atoms with van der Waals surface area (Å²) in [7, 11) is 1.40. The Balaban J connectivity index is 1.71. The minimum atomic E-state index is -1.36. The molecule has 4 N–H and O–H groups in total. The number of aliphatic hydroxyl groups excluding tert-OH is 3. The van der Waals surface area contributed by atoms with Gasteiger partial charge in [0.05, 0.1) is 13.7 Å². The summed E-state index contributed by atoms with van der Waals surface area (Å²) >= 11 is 0. The first kappa shape index (κ1) is 20.4. The zero-order chi connectivity index (χ0) is 21.6. The summed E-state index contributed by atoms with van der Waals surface area (Å²) in [5, 5.41) is 39.5. The molecule has 9 nitrogen and oxygen atoms in total. The van der Waals surface area contributed by atoms with Crippen LogP contribution < -0.4 is 14.2 Å². The Bertz CT molecular complexity index is 987. The van der Waals surface area contributed by atoms with E-state index >= 15 is 0 Å². The first-order chi connectivity index (χ1) is 14.3. The van der Waals surface area contributed by atoms with Crippen molar-refractivity contribution in [2.24, 2.45) is 0 Å². The summed E-state index contributed by atoms with van der Waals surface area (Å²) in [6.07, 6.45) is -4.56. The number of phenolic OH excluding ortho intramolecular Hbond substituents is 1. The van der Waals surface area contributed by atoms with Crippen molar-refractivity contribution >= 4 is 5.97 Å². The molecule has 1 fully saturated rings. The molecule has 2 heterocycles. The summed E-state index contributed by atoms with van der Waals surface area (Å²) in [5.41, 5.74) is 2.02. The van der Waals surface area contributed by atoms with Gasteiger partial charge in [-0.05, 0) is 30.2 Å². The highest BCUT2D eigenvalue weighted by Crippen LogP contribution is 2.42. The first-order valence-electron chi connectivity index (χ1n) is 9.37. The highest BCUT2D eigenvalue weighted by atomic mass is 16.7. The van der Waals surface area contributed by atoms with E-state index in [0.717, 1.165) is 5.56 Å². The van der Waals surface area contributed by atoms with Gasteiger partial charge >= 0.3 is 5.97 Å². The van der Waals surface area contributed by atoms with Crippen LogP contribution in [-0.2, 0) is 11.2 Å². The fraction of sp³-hybridized carbons (Fsp3) is 0.381. The number of fused-ring (bicyclic) bond motifs is 2. The van der Waals surface area contributed by atoms with Gasteiger partial charge in [0.1, 0.15) is 35.4 Å². The molecule has 0 radical (unpaired) electrons. The standard InChI is InChI=1S/C21H22O9/c1-9-3-10-5-11-6-12(28-21-18(25)17(24)15(8-22)29-21)7-14(27-2)19(11)30-20(26)16(10)13(23)4-9/h3-4,6-7,15,17-18,21-25H,5,8H2,1-2H3/t15-,17-,18-,21+/m1/s1. The van der Waals surface area contributed by atoms with Crippen LogP contribution in [0.25, 0.3) is 0 Å². The zero-order valence-corrected chi connectivity index (χ0v) is 16.4. The Kier molecular flexibility index (Phi) is 5.29. The fourth-order valence-corrected chi connectivity index (χ4v) is 3.76. The van der Waals surface area contributed by atoms with Crippen LogP contribution in [0.15, 0.2) is 24.3 Å². The fourth-order valence-electron chi connectivity index (χ4n) is 3.76. The minimum absolute atomic E-state index is 0.0878. The Hall–Kier alpha value is -2.85. The molecule has 0 aromatic heterocycles. The number of hydrogen-bond acceptors (Lipinski definition) is 9. The molecule has 0 amide bonds. The van der Waals surface area contributed by atoms with Crippen LogP contribution in [0, 0.1) is 6.92 Å². The van der Waals surface area contributed by atoms with Crippen molar-refractivity contribution in [3.8, 4) is 23.0 Å². The van der Waals surface area contributed by atoms with E-state index in [1.807, 2.05) is 0 Å². The predicted octanol–water partition coefficient (Wildman–Crippen LogP) is 0.650. The molecule has 9 heteroatoms. The smallest absolute Gasteiger partial charge is 0.347 e. The molecule has 0 unspecified atom stereocenters. The van der Waals surface area contributed by atoms with Crippen molar-refractivity contribution in [3.63, 3.8) is 0 Å². The lowest BCUT2D eigenvalue weighted by Gasteiger charge is -2.19. The lowest BCUT2D eigenvalue weighted by molar-refractivity contribution is -0.116. The van der Waals surface area contributed by atoms with Gasteiger partial charge in [0, 0.05) is 18.1 Å². The lowest BCUT2D eigenvalue weighted by atomic mass is 9.97.